The molecule has 0 aliphatic carbocycles. The van der Waals surface area contributed by atoms with Crippen molar-refractivity contribution in [2.24, 2.45) is 0 Å². The second kappa shape index (κ2) is 6.53. The molecule has 0 aliphatic rings. The van der Waals surface area contributed by atoms with Gasteiger partial charge in [0.25, 0.3) is 0 Å². The minimum Gasteiger partial charge on any atom is -0.469 e. The van der Waals surface area contributed by atoms with Crippen LogP contribution in [0.25, 0.3) is 0 Å². The molecule has 0 radical (unpaired) electrons. The van der Waals surface area contributed by atoms with Crippen LogP contribution in [0.5, 0.6) is 0 Å². The first-order chi connectivity index (χ1) is 7.24. The number of carbonyl (C=O) groups excluding carboxylic acids is 1. The van der Waals surface area contributed by atoms with Gasteiger partial charge in [-0.2, -0.15) is 0 Å². The van der Waals surface area contributed by atoms with Gasteiger partial charge in [0, 0.05) is 17.8 Å². The Bertz CT molecular complexity index is 312. The lowest BCUT2D eigenvalue weighted by Gasteiger charge is -2.02. The number of thiazole rings is 1. The molecule has 0 atom stereocenters. The molecule has 0 fully saturated rings. The van der Waals surface area contributed by atoms with Crippen molar-refractivity contribution in [3.8, 4) is 0 Å². The van der Waals surface area contributed by atoms with Gasteiger partial charge in [0.1, 0.15) is 0 Å². The van der Waals surface area contributed by atoms with Crippen LogP contribution in [0.1, 0.15) is 23.4 Å². The van der Waals surface area contributed by atoms with Crippen LogP contribution in [0.4, 0.5) is 0 Å². The molecular weight excluding hydrogens is 212 g/mol. The van der Waals surface area contributed by atoms with Gasteiger partial charge < -0.3 is 10.1 Å². The number of rotatable bonds is 6. The standard InChI is InChI=1S/C10H16N2O2S/c1-8-9(15-7-12-8)6-11-5-3-4-10(13)14-2/h7,11H,3-6H2,1-2H3. The predicted molar refractivity (Wildman–Crippen MR) is 59.8 cm³/mol. The molecule has 1 N–H and O–H groups in total. The number of aromatic nitrogens is 1. The zero-order valence-electron chi connectivity index (χ0n) is 9.08. The van der Waals surface area contributed by atoms with E-state index < -0.39 is 0 Å². The molecule has 0 amide bonds. The van der Waals surface area contributed by atoms with E-state index in [9.17, 15) is 4.79 Å². The first-order valence-corrected chi connectivity index (χ1v) is 5.78. The van der Waals surface area contributed by atoms with Crippen LogP contribution in [0.15, 0.2) is 5.51 Å². The van der Waals surface area contributed by atoms with E-state index in [1.807, 2.05) is 12.4 Å². The summed E-state index contributed by atoms with van der Waals surface area (Å²) in [6.07, 6.45) is 1.29. The molecule has 0 spiro atoms. The van der Waals surface area contributed by atoms with Crippen molar-refractivity contribution in [1.29, 1.82) is 0 Å². The summed E-state index contributed by atoms with van der Waals surface area (Å²) in [5, 5.41) is 3.27. The molecule has 0 aliphatic heterocycles. The van der Waals surface area contributed by atoms with Crippen LogP contribution in [-0.2, 0) is 16.1 Å². The summed E-state index contributed by atoms with van der Waals surface area (Å²) >= 11 is 1.65. The maximum absolute atomic E-state index is 10.8. The predicted octanol–water partition coefficient (Wildman–Crippen LogP) is 1.49. The maximum atomic E-state index is 10.8. The number of hydrogen-bond donors (Lipinski definition) is 1. The van der Waals surface area contributed by atoms with E-state index in [0.717, 1.165) is 25.2 Å². The van der Waals surface area contributed by atoms with Crippen molar-refractivity contribution in [3.05, 3.63) is 16.1 Å². The van der Waals surface area contributed by atoms with Gasteiger partial charge in [-0.3, -0.25) is 4.79 Å². The molecule has 84 valence electrons. The summed E-state index contributed by atoms with van der Waals surface area (Å²) in [6.45, 7) is 3.66. The van der Waals surface area contributed by atoms with Crippen LogP contribution in [-0.4, -0.2) is 24.6 Å². The number of hydrogen-bond acceptors (Lipinski definition) is 5. The summed E-state index contributed by atoms with van der Waals surface area (Å²) < 4.78 is 4.55. The summed E-state index contributed by atoms with van der Waals surface area (Å²) in [5.41, 5.74) is 2.93. The van der Waals surface area contributed by atoms with Crippen LogP contribution in [0.3, 0.4) is 0 Å². The van der Waals surface area contributed by atoms with Crippen LogP contribution in [0, 0.1) is 6.92 Å². The van der Waals surface area contributed by atoms with Crippen LogP contribution >= 0.6 is 11.3 Å². The highest BCUT2D eigenvalue weighted by Crippen LogP contribution is 2.10. The molecule has 4 nitrogen and oxygen atoms in total. The van der Waals surface area contributed by atoms with Gasteiger partial charge in [-0.25, -0.2) is 4.98 Å². The third kappa shape index (κ3) is 4.40. The van der Waals surface area contributed by atoms with E-state index >= 15 is 0 Å². The Labute approximate surface area is 93.7 Å². The van der Waals surface area contributed by atoms with Gasteiger partial charge in [0.2, 0.25) is 0 Å². The molecular formula is C10H16N2O2S. The quantitative estimate of drug-likeness (QED) is 0.592. The fourth-order valence-corrected chi connectivity index (χ4v) is 1.90. The second-order valence-corrected chi connectivity index (χ2v) is 4.16. The zero-order chi connectivity index (χ0) is 11.1. The van der Waals surface area contributed by atoms with Crippen molar-refractivity contribution in [3.63, 3.8) is 0 Å². The van der Waals surface area contributed by atoms with Crippen molar-refractivity contribution in [1.82, 2.24) is 10.3 Å². The van der Waals surface area contributed by atoms with Gasteiger partial charge in [0.15, 0.2) is 0 Å². The fraction of sp³-hybridized carbons (Fsp3) is 0.600. The second-order valence-electron chi connectivity index (χ2n) is 3.22. The highest BCUT2D eigenvalue weighted by Gasteiger charge is 2.01. The largest absolute Gasteiger partial charge is 0.469 e. The molecule has 1 aromatic heterocycles. The number of nitrogens with one attached hydrogen (secondary N) is 1. The third-order valence-corrected chi connectivity index (χ3v) is 3.03. The minimum absolute atomic E-state index is 0.147. The smallest absolute Gasteiger partial charge is 0.305 e. The number of nitrogens with zero attached hydrogens (tertiary/aromatic N) is 1. The number of carbonyl (C=O) groups is 1. The van der Waals surface area contributed by atoms with Gasteiger partial charge in [-0.05, 0) is 19.9 Å². The van der Waals surface area contributed by atoms with Crippen LogP contribution < -0.4 is 5.32 Å². The Morgan fingerprint density at radius 2 is 2.47 bits per heavy atom. The first kappa shape index (κ1) is 12.1. The van der Waals surface area contributed by atoms with Crippen molar-refractivity contribution < 1.29 is 9.53 Å². The van der Waals surface area contributed by atoms with E-state index in [-0.39, 0.29) is 5.97 Å². The Morgan fingerprint density at radius 1 is 1.67 bits per heavy atom. The number of methoxy groups -OCH3 is 1. The van der Waals surface area contributed by atoms with E-state index in [1.54, 1.807) is 11.3 Å². The Balaban J connectivity index is 2.07. The highest BCUT2D eigenvalue weighted by molar-refractivity contribution is 7.09. The molecule has 5 heteroatoms. The maximum Gasteiger partial charge on any atom is 0.305 e. The molecule has 0 saturated carbocycles. The summed E-state index contributed by atoms with van der Waals surface area (Å²) in [7, 11) is 1.41. The molecule has 1 rings (SSSR count). The molecule has 0 saturated heterocycles. The number of aryl methyl sites for hydroxylation is 1. The molecule has 1 aromatic rings. The Hall–Kier alpha value is -0.940. The lowest BCUT2D eigenvalue weighted by molar-refractivity contribution is -0.140. The third-order valence-electron chi connectivity index (χ3n) is 2.09. The van der Waals surface area contributed by atoms with Gasteiger partial charge in [-0.1, -0.05) is 0 Å². The molecule has 15 heavy (non-hydrogen) atoms. The molecule has 1 heterocycles. The van der Waals surface area contributed by atoms with Crippen molar-refractivity contribution in [2.45, 2.75) is 26.3 Å². The van der Waals surface area contributed by atoms with E-state index in [4.69, 9.17) is 0 Å². The number of esters is 1. The monoisotopic (exact) mass is 228 g/mol. The molecule has 0 bridgehead atoms. The Kier molecular flexibility index (Phi) is 5.28. The summed E-state index contributed by atoms with van der Waals surface area (Å²) in [4.78, 5) is 16.2. The van der Waals surface area contributed by atoms with Crippen molar-refractivity contribution in [2.75, 3.05) is 13.7 Å². The van der Waals surface area contributed by atoms with Gasteiger partial charge >= 0.3 is 5.97 Å². The van der Waals surface area contributed by atoms with E-state index in [1.165, 1.54) is 12.0 Å². The lowest BCUT2D eigenvalue weighted by Crippen LogP contribution is -2.16. The van der Waals surface area contributed by atoms with E-state index in [0.29, 0.717) is 6.42 Å². The molecule has 0 unspecified atom stereocenters. The summed E-state index contributed by atoms with van der Waals surface area (Å²) in [6, 6.07) is 0. The first-order valence-electron chi connectivity index (χ1n) is 4.90. The fourth-order valence-electron chi connectivity index (χ4n) is 1.16. The summed E-state index contributed by atoms with van der Waals surface area (Å²) in [5.74, 6) is -0.147. The van der Waals surface area contributed by atoms with Gasteiger partial charge in [-0.15, -0.1) is 11.3 Å². The average molecular weight is 228 g/mol. The average Bonchev–Trinajstić information content (AvgIpc) is 2.63. The molecule has 0 aromatic carbocycles. The van der Waals surface area contributed by atoms with E-state index in [2.05, 4.69) is 15.0 Å². The normalized spacial score (nSPS) is 10.3. The highest BCUT2D eigenvalue weighted by atomic mass is 32.1. The topological polar surface area (TPSA) is 51.2 Å². The number of ether oxygens (including phenoxy) is 1. The lowest BCUT2D eigenvalue weighted by atomic mass is 10.3. The minimum atomic E-state index is -0.147. The van der Waals surface area contributed by atoms with Crippen LogP contribution in [0.2, 0.25) is 0 Å². The Morgan fingerprint density at radius 3 is 3.07 bits per heavy atom. The van der Waals surface area contributed by atoms with Gasteiger partial charge in [0.05, 0.1) is 18.3 Å². The zero-order valence-corrected chi connectivity index (χ0v) is 9.89. The van der Waals surface area contributed by atoms with Crippen molar-refractivity contribution >= 4 is 17.3 Å². The SMILES string of the molecule is COC(=O)CCCNCc1scnc1C.